The van der Waals surface area contributed by atoms with E-state index in [1.54, 1.807) is 31.3 Å². The molecular formula is C16H22ClN3O. The van der Waals surface area contributed by atoms with Gasteiger partial charge in [0, 0.05) is 40.4 Å². The number of halogens is 1. The number of rotatable bonds is 8. The molecule has 4 nitrogen and oxygen atoms in total. The van der Waals surface area contributed by atoms with Gasteiger partial charge in [0.05, 0.1) is 12.1 Å². The number of fused-ring (bicyclic) bond motifs is 1. The summed E-state index contributed by atoms with van der Waals surface area (Å²) in [6.07, 6.45) is -0.541. The van der Waals surface area contributed by atoms with Crippen LogP contribution in [-0.4, -0.2) is 35.8 Å². The minimum absolute atomic E-state index is 0.00985. The number of nitrogens with zero attached hydrogens (tertiary/aromatic N) is 1. The summed E-state index contributed by atoms with van der Waals surface area (Å²) in [5, 5.41) is 15.9. The molecule has 0 bridgehead atoms. The molecule has 0 amide bonds. The average molecular weight is 312 g/mol. The summed E-state index contributed by atoms with van der Waals surface area (Å²) >= 11 is 5.98. The van der Waals surface area contributed by atoms with Crippen LogP contribution in [0.2, 0.25) is 5.02 Å². The van der Waals surface area contributed by atoms with Crippen LogP contribution in [0.25, 0.3) is 10.9 Å². The molecule has 2 rings (SSSR count). The first-order chi connectivity index (χ1) is 11.7. The van der Waals surface area contributed by atoms with Crippen LogP contribution >= 0.6 is 11.6 Å². The third-order valence-corrected chi connectivity index (χ3v) is 3.16. The Morgan fingerprint density at radius 3 is 3.10 bits per heavy atom. The minimum Gasteiger partial charge on any atom is -0.395 e. The normalized spacial score (nSPS) is 16.7. The fourth-order valence-corrected chi connectivity index (χ4v) is 2.11. The van der Waals surface area contributed by atoms with Crippen LogP contribution in [0.5, 0.6) is 0 Å². The SMILES string of the molecule is [2H]C([2H])(CC(C)Nc1ccnc2cc(Cl)ccc12)C([2H])([2H])NCCO. The number of anilines is 1. The molecule has 0 aliphatic heterocycles. The van der Waals surface area contributed by atoms with Crippen molar-refractivity contribution in [2.75, 3.05) is 25.0 Å². The van der Waals surface area contributed by atoms with Crippen molar-refractivity contribution in [1.82, 2.24) is 10.3 Å². The molecule has 2 aromatic rings. The summed E-state index contributed by atoms with van der Waals surface area (Å²) in [6.45, 7) is -0.722. The lowest BCUT2D eigenvalue weighted by atomic mass is 10.1. The van der Waals surface area contributed by atoms with Gasteiger partial charge in [-0.25, -0.2) is 0 Å². The predicted molar refractivity (Wildman–Crippen MR) is 89.0 cm³/mol. The van der Waals surface area contributed by atoms with Crippen LogP contribution in [0.3, 0.4) is 0 Å². The first-order valence-corrected chi connectivity index (χ1v) is 7.21. The maximum atomic E-state index is 8.81. The van der Waals surface area contributed by atoms with Crippen LogP contribution in [0.4, 0.5) is 5.69 Å². The first-order valence-electron chi connectivity index (χ1n) is 8.83. The topological polar surface area (TPSA) is 57.2 Å². The van der Waals surface area contributed by atoms with E-state index in [0.717, 1.165) is 16.6 Å². The highest BCUT2D eigenvalue weighted by Gasteiger charge is 2.06. The van der Waals surface area contributed by atoms with Gasteiger partial charge in [0.2, 0.25) is 0 Å². The summed E-state index contributed by atoms with van der Waals surface area (Å²) in [5.74, 6) is 0. The molecule has 0 aliphatic rings. The van der Waals surface area contributed by atoms with E-state index in [0.29, 0.717) is 5.02 Å². The zero-order valence-electron chi connectivity index (χ0n) is 15.9. The molecule has 1 aromatic heterocycles. The van der Waals surface area contributed by atoms with Crippen molar-refractivity contribution in [2.45, 2.75) is 25.8 Å². The molecule has 1 atom stereocenters. The predicted octanol–water partition coefficient (Wildman–Crippen LogP) is 3.05. The molecule has 1 aromatic carbocycles. The number of benzene rings is 1. The number of aliphatic hydroxyl groups is 1. The van der Waals surface area contributed by atoms with Gasteiger partial charge in [0.1, 0.15) is 0 Å². The van der Waals surface area contributed by atoms with E-state index in [1.165, 1.54) is 0 Å². The van der Waals surface area contributed by atoms with E-state index in [-0.39, 0.29) is 25.6 Å². The lowest BCUT2D eigenvalue weighted by molar-refractivity contribution is 0.292. The molecule has 114 valence electrons. The fraction of sp³-hybridized carbons (Fsp3) is 0.438. The Bertz CT molecular complexity index is 730. The Morgan fingerprint density at radius 1 is 1.43 bits per heavy atom. The van der Waals surface area contributed by atoms with E-state index in [1.807, 2.05) is 6.07 Å². The molecule has 0 aliphatic carbocycles. The van der Waals surface area contributed by atoms with E-state index >= 15 is 0 Å². The Morgan fingerprint density at radius 2 is 2.29 bits per heavy atom. The smallest absolute Gasteiger partial charge is 0.0737 e. The van der Waals surface area contributed by atoms with Crippen LogP contribution in [0, 0.1) is 0 Å². The van der Waals surface area contributed by atoms with Crippen molar-refractivity contribution >= 4 is 28.2 Å². The van der Waals surface area contributed by atoms with Crippen molar-refractivity contribution in [2.24, 2.45) is 0 Å². The standard InChI is InChI=1S/C16H22ClN3O/c1-12(3-2-7-18-9-10-21)20-15-6-8-19-16-11-13(17)4-5-14(15)16/h4-6,8,11-12,18,21H,2-3,7,9-10H2,1H3,(H,19,20)/i2D2,7D2. The molecule has 1 unspecified atom stereocenters. The van der Waals surface area contributed by atoms with Gasteiger partial charge < -0.3 is 15.7 Å². The average Bonchev–Trinajstić information content (AvgIpc) is 2.52. The largest absolute Gasteiger partial charge is 0.395 e. The van der Waals surface area contributed by atoms with Gasteiger partial charge in [-0.2, -0.15) is 0 Å². The number of hydrogen-bond acceptors (Lipinski definition) is 4. The number of aliphatic hydroxyl groups excluding tert-OH is 1. The molecule has 0 fully saturated rings. The van der Waals surface area contributed by atoms with Crippen molar-refractivity contribution < 1.29 is 10.6 Å². The summed E-state index contributed by atoms with van der Waals surface area (Å²) in [4.78, 5) is 4.27. The van der Waals surface area contributed by atoms with E-state index in [2.05, 4.69) is 15.6 Å². The van der Waals surface area contributed by atoms with Gasteiger partial charge in [-0.15, -0.1) is 0 Å². The molecule has 0 saturated carbocycles. The number of nitrogens with one attached hydrogen (secondary N) is 2. The Labute approximate surface area is 136 Å². The van der Waals surface area contributed by atoms with E-state index < -0.39 is 12.9 Å². The molecule has 21 heavy (non-hydrogen) atoms. The van der Waals surface area contributed by atoms with Crippen LogP contribution in [0.15, 0.2) is 30.5 Å². The molecule has 3 N–H and O–H groups in total. The molecule has 5 heteroatoms. The van der Waals surface area contributed by atoms with Crippen molar-refractivity contribution in [3.8, 4) is 0 Å². The van der Waals surface area contributed by atoms with Gasteiger partial charge >= 0.3 is 0 Å². The molecule has 0 radical (unpaired) electrons. The summed E-state index contributed by atoms with van der Waals surface area (Å²) < 4.78 is 31.9. The van der Waals surface area contributed by atoms with E-state index in [4.69, 9.17) is 22.2 Å². The van der Waals surface area contributed by atoms with Crippen molar-refractivity contribution in [1.29, 1.82) is 0 Å². The highest BCUT2D eigenvalue weighted by Crippen LogP contribution is 2.25. The summed E-state index contributed by atoms with van der Waals surface area (Å²) in [7, 11) is 0. The maximum absolute atomic E-state index is 8.81. The van der Waals surface area contributed by atoms with E-state index in [9.17, 15) is 0 Å². The van der Waals surface area contributed by atoms with Gasteiger partial charge in [-0.1, -0.05) is 11.6 Å². The second kappa shape index (κ2) is 8.17. The van der Waals surface area contributed by atoms with Gasteiger partial charge in [0.15, 0.2) is 0 Å². The number of pyridine rings is 1. The third-order valence-electron chi connectivity index (χ3n) is 2.93. The molecule has 0 spiro atoms. The molecule has 1 heterocycles. The zero-order valence-corrected chi connectivity index (χ0v) is 12.6. The second-order valence-corrected chi connectivity index (χ2v) is 5.16. The highest BCUT2D eigenvalue weighted by molar-refractivity contribution is 6.31. The third kappa shape index (κ3) is 4.84. The molecule has 0 saturated heterocycles. The Hall–Kier alpha value is -1.36. The molecular weight excluding hydrogens is 286 g/mol. The van der Waals surface area contributed by atoms with Gasteiger partial charge in [0.25, 0.3) is 0 Å². The van der Waals surface area contributed by atoms with Crippen LogP contribution in [0.1, 0.15) is 25.2 Å². The summed E-state index contributed by atoms with van der Waals surface area (Å²) in [5.41, 5.74) is 1.52. The quantitative estimate of drug-likeness (QED) is 0.701. The fourth-order valence-electron chi connectivity index (χ4n) is 1.95. The highest BCUT2D eigenvalue weighted by atomic mass is 35.5. The van der Waals surface area contributed by atoms with Gasteiger partial charge in [-0.3, -0.25) is 4.98 Å². The first kappa shape index (κ1) is 11.2. The summed E-state index contributed by atoms with van der Waals surface area (Å²) in [6, 6.07) is 6.82. The Balaban J connectivity index is 2.13. The van der Waals surface area contributed by atoms with Crippen molar-refractivity contribution in [3.63, 3.8) is 0 Å². The van der Waals surface area contributed by atoms with Crippen LogP contribution in [-0.2, 0) is 0 Å². The second-order valence-electron chi connectivity index (χ2n) is 4.72. The van der Waals surface area contributed by atoms with Crippen LogP contribution < -0.4 is 10.6 Å². The van der Waals surface area contributed by atoms with Crippen molar-refractivity contribution in [3.05, 3.63) is 35.5 Å². The number of aromatic nitrogens is 1. The lowest BCUT2D eigenvalue weighted by Crippen LogP contribution is -2.22. The van der Waals surface area contributed by atoms with Gasteiger partial charge in [-0.05, 0) is 50.5 Å². The minimum atomic E-state index is -2.25. The zero-order chi connectivity index (χ0) is 18.7. The maximum Gasteiger partial charge on any atom is 0.0737 e. The lowest BCUT2D eigenvalue weighted by Gasteiger charge is -2.17. The Kier molecular flexibility index (Phi) is 4.37. The number of hydrogen-bond donors (Lipinski definition) is 3. The monoisotopic (exact) mass is 311 g/mol.